The number of imidazole rings is 1. The predicted octanol–water partition coefficient (Wildman–Crippen LogP) is -0.391. The van der Waals surface area contributed by atoms with Gasteiger partial charge in [0, 0.05) is 13.6 Å². The van der Waals surface area contributed by atoms with E-state index in [0.29, 0.717) is 17.7 Å². The van der Waals surface area contributed by atoms with Crippen molar-refractivity contribution < 1.29 is 0 Å². The molecule has 0 aliphatic heterocycles. The van der Waals surface area contributed by atoms with Gasteiger partial charge in [-0.3, -0.25) is 14.3 Å². The van der Waals surface area contributed by atoms with Crippen LogP contribution in [0, 0.1) is 0 Å². The molecule has 0 fully saturated rings. The van der Waals surface area contributed by atoms with Crippen LogP contribution in [0.5, 0.6) is 0 Å². The van der Waals surface area contributed by atoms with Crippen molar-refractivity contribution in [3.05, 3.63) is 39.8 Å². The molecule has 2 rings (SSSR count). The van der Waals surface area contributed by atoms with Crippen LogP contribution in [0.2, 0.25) is 0 Å². The highest BCUT2D eigenvalue weighted by molar-refractivity contribution is 5.69. The molecule has 2 aromatic heterocycles. The van der Waals surface area contributed by atoms with Gasteiger partial charge in [0.1, 0.15) is 0 Å². The molecular weight excluding hydrogens is 196 g/mol. The molecule has 6 heteroatoms. The Morgan fingerprint density at radius 3 is 3.00 bits per heavy atom. The summed E-state index contributed by atoms with van der Waals surface area (Å²) in [7, 11) is 1.56. The average molecular weight is 206 g/mol. The topological polar surface area (TPSA) is 72.7 Å². The van der Waals surface area contributed by atoms with Crippen LogP contribution in [-0.2, 0) is 13.6 Å². The number of allylic oxidation sites excluding steroid dienone is 1. The summed E-state index contributed by atoms with van der Waals surface area (Å²) < 4.78 is 2.94. The summed E-state index contributed by atoms with van der Waals surface area (Å²) in [5.41, 5.74) is -0.119. The minimum absolute atomic E-state index is 0.380. The number of hydrogen-bond donors (Lipinski definition) is 1. The maximum atomic E-state index is 11.5. The highest BCUT2D eigenvalue weighted by Gasteiger charge is 2.09. The SMILES string of the molecule is C=CCn1cnc2c1c(=O)[nH]c(=O)n2C. The second-order valence-corrected chi connectivity index (χ2v) is 3.18. The van der Waals surface area contributed by atoms with Crippen LogP contribution in [-0.4, -0.2) is 19.1 Å². The first-order valence-electron chi connectivity index (χ1n) is 4.40. The molecule has 0 saturated carbocycles. The van der Waals surface area contributed by atoms with E-state index in [1.165, 1.54) is 10.9 Å². The van der Waals surface area contributed by atoms with Gasteiger partial charge in [-0.1, -0.05) is 6.08 Å². The minimum atomic E-state index is -0.462. The van der Waals surface area contributed by atoms with Crippen molar-refractivity contribution in [3.63, 3.8) is 0 Å². The van der Waals surface area contributed by atoms with Crippen molar-refractivity contribution in [2.45, 2.75) is 6.54 Å². The second-order valence-electron chi connectivity index (χ2n) is 3.18. The third-order valence-corrected chi connectivity index (χ3v) is 2.20. The van der Waals surface area contributed by atoms with Gasteiger partial charge >= 0.3 is 5.69 Å². The van der Waals surface area contributed by atoms with Gasteiger partial charge in [0.2, 0.25) is 0 Å². The first kappa shape index (κ1) is 9.45. The molecule has 0 bridgehead atoms. The van der Waals surface area contributed by atoms with Gasteiger partial charge < -0.3 is 4.57 Å². The molecule has 0 atom stereocenters. The fourth-order valence-corrected chi connectivity index (χ4v) is 1.46. The first-order valence-corrected chi connectivity index (χ1v) is 4.40. The first-order chi connectivity index (χ1) is 7.15. The summed E-state index contributed by atoms with van der Waals surface area (Å²) >= 11 is 0. The second kappa shape index (κ2) is 3.23. The molecule has 0 saturated heterocycles. The van der Waals surface area contributed by atoms with Crippen LogP contribution in [0.1, 0.15) is 0 Å². The van der Waals surface area contributed by atoms with E-state index in [1.807, 2.05) is 0 Å². The minimum Gasteiger partial charge on any atom is -0.321 e. The zero-order chi connectivity index (χ0) is 11.0. The van der Waals surface area contributed by atoms with E-state index in [2.05, 4.69) is 16.5 Å². The molecule has 0 radical (unpaired) electrons. The van der Waals surface area contributed by atoms with Gasteiger partial charge in [-0.15, -0.1) is 6.58 Å². The van der Waals surface area contributed by atoms with Gasteiger partial charge in [-0.25, -0.2) is 9.78 Å². The number of fused-ring (bicyclic) bond motifs is 1. The highest BCUT2D eigenvalue weighted by Crippen LogP contribution is 2.03. The van der Waals surface area contributed by atoms with Crippen molar-refractivity contribution in [1.82, 2.24) is 19.1 Å². The Balaban J connectivity index is 2.93. The zero-order valence-electron chi connectivity index (χ0n) is 8.23. The summed E-state index contributed by atoms with van der Waals surface area (Å²) in [6.45, 7) is 4.07. The number of nitrogens with zero attached hydrogens (tertiary/aromatic N) is 3. The number of H-pyrrole nitrogens is 1. The summed E-state index contributed by atoms with van der Waals surface area (Å²) in [4.78, 5) is 29.0. The van der Waals surface area contributed by atoms with E-state index in [1.54, 1.807) is 17.7 Å². The Morgan fingerprint density at radius 1 is 1.60 bits per heavy atom. The third-order valence-electron chi connectivity index (χ3n) is 2.20. The number of rotatable bonds is 2. The summed E-state index contributed by atoms with van der Waals surface area (Å²) in [6, 6.07) is 0. The van der Waals surface area contributed by atoms with Gasteiger partial charge in [0.15, 0.2) is 11.2 Å². The largest absolute Gasteiger partial charge is 0.329 e. The normalized spacial score (nSPS) is 10.7. The van der Waals surface area contributed by atoms with Crippen molar-refractivity contribution in [2.75, 3.05) is 0 Å². The maximum Gasteiger partial charge on any atom is 0.329 e. The maximum absolute atomic E-state index is 11.5. The fraction of sp³-hybridized carbons (Fsp3) is 0.222. The lowest BCUT2D eigenvalue weighted by atomic mass is 10.5. The van der Waals surface area contributed by atoms with Crippen molar-refractivity contribution >= 4 is 11.2 Å². The van der Waals surface area contributed by atoms with Gasteiger partial charge in [0.05, 0.1) is 6.33 Å². The highest BCUT2D eigenvalue weighted by atomic mass is 16.2. The van der Waals surface area contributed by atoms with E-state index < -0.39 is 11.2 Å². The average Bonchev–Trinajstić information content (AvgIpc) is 2.59. The van der Waals surface area contributed by atoms with Gasteiger partial charge in [0.25, 0.3) is 5.56 Å². The molecule has 0 aliphatic carbocycles. The smallest absolute Gasteiger partial charge is 0.321 e. The molecule has 15 heavy (non-hydrogen) atoms. The number of nitrogens with one attached hydrogen (secondary N) is 1. The molecule has 2 aromatic rings. The number of hydrogen-bond acceptors (Lipinski definition) is 3. The molecule has 0 spiro atoms. The standard InChI is InChI=1S/C9H10N4O2/c1-3-4-13-5-10-7-6(13)8(14)11-9(15)12(7)2/h3,5H,1,4H2,2H3,(H,11,14,15). The van der Waals surface area contributed by atoms with Crippen molar-refractivity contribution in [2.24, 2.45) is 7.05 Å². The number of aryl methyl sites for hydroxylation is 1. The van der Waals surface area contributed by atoms with E-state index in [4.69, 9.17) is 0 Å². The Hall–Kier alpha value is -2.11. The third kappa shape index (κ3) is 1.30. The molecule has 78 valence electrons. The van der Waals surface area contributed by atoms with E-state index in [0.717, 1.165) is 0 Å². The van der Waals surface area contributed by atoms with Crippen LogP contribution >= 0.6 is 0 Å². The molecule has 0 aliphatic rings. The Kier molecular flexibility index (Phi) is 2.03. The molecular formula is C9H10N4O2. The predicted molar refractivity (Wildman–Crippen MR) is 55.8 cm³/mol. The lowest BCUT2D eigenvalue weighted by Crippen LogP contribution is -2.29. The van der Waals surface area contributed by atoms with Crippen LogP contribution in [0.15, 0.2) is 28.6 Å². The number of aromatic nitrogens is 4. The number of aromatic amines is 1. The van der Waals surface area contributed by atoms with Gasteiger partial charge in [-0.05, 0) is 0 Å². The zero-order valence-corrected chi connectivity index (χ0v) is 8.23. The van der Waals surface area contributed by atoms with E-state index >= 15 is 0 Å². The quantitative estimate of drug-likeness (QED) is 0.680. The lowest BCUT2D eigenvalue weighted by molar-refractivity contribution is 0.818. The molecule has 6 nitrogen and oxygen atoms in total. The Morgan fingerprint density at radius 2 is 2.33 bits per heavy atom. The van der Waals surface area contributed by atoms with Crippen LogP contribution < -0.4 is 11.2 Å². The lowest BCUT2D eigenvalue weighted by Gasteiger charge is -1.99. The van der Waals surface area contributed by atoms with Gasteiger partial charge in [-0.2, -0.15) is 0 Å². The summed E-state index contributed by atoms with van der Waals surface area (Å²) in [5, 5.41) is 0. The molecule has 2 heterocycles. The Bertz CT molecular complexity index is 632. The van der Waals surface area contributed by atoms with Crippen LogP contribution in [0.3, 0.4) is 0 Å². The molecule has 0 amide bonds. The van der Waals surface area contributed by atoms with Crippen molar-refractivity contribution in [1.29, 1.82) is 0 Å². The van der Waals surface area contributed by atoms with Crippen LogP contribution in [0.25, 0.3) is 11.2 Å². The molecule has 0 aromatic carbocycles. The molecule has 0 unspecified atom stereocenters. The summed E-state index contributed by atoms with van der Waals surface area (Å²) in [5.74, 6) is 0. The van der Waals surface area contributed by atoms with E-state index in [-0.39, 0.29) is 0 Å². The van der Waals surface area contributed by atoms with E-state index in [9.17, 15) is 9.59 Å². The Labute approximate surface area is 84.5 Å². The monoisotopic (exact) mass is 206 g/mol. The fourth-order valence-electron chi connectivity index (χ4n) is 1.46. The van der Waals surface area contributed by atoms with Crippen LogP contribution in [0.4, 0.5) is 0 Å². The molecule has 1 N–H and O–H groups in total. The summed E-state index contributed by atoms with van der Waals surface area (Å²) in [6.07, 6.45) is 3.17. The van der Waals surface area contributed by atoms with Crippen molar-refractivity contribution in [3.8, 4) is 0 Å².